The van der Waals surface area contributed by atoms with Crippen LogP contribution in [-0.4, -0.2) is 28.8 Å². The quantitative estimate of drug-likeness (QED) is 0.496. The van der Waals surface area contributed by atoms with Gasteiger partial charge in [0.1, 0.15) is 0 Å². The van der Waals surface area contributed by atoms with Crippen molar-refractivity contribution in [2.45, 2.75) is 26.8 Å². The van der Waals surface area contributed by atoms with Crippen molar-refractivity contribution in [3.63, 3.8) is 0 Å². The zero-order chi connectivity index (χ0) is 18.2. The Bertz CT molecular complexity index is 818. The Morgan fingerprint density at radius 3 is 2.69 bits per heavy atom. The van der Waals surface area contributed by atoms with E-state index in [0.717, 1.165) is 37.7 Å². The molecule has 5 nitrogen and oxygen atoms in total. The minimum atomic E-state index is 0.720. The smallest absolute Gasteiger partial charge is 0.191 e. The van der Waals surface area contributed by atoms with Crippen molar-refractivity contribution in [3.05, 3.63) is 70.2 Å². The van der Waals surface area contributed by atoms with Crippen molar-refractivity contribution >= 4 is 17.3 Å². The number of nitrogens with one attached hydrogen (secondary N) is 2. The van der Waals surface area contributed by atoms with E-state index in [4.69, 9.17) is 0 Å². The summed E-state index contributed by atoms with van der Waals surface area (Å²) >= 11 is 1.76. The van der Waals surface area contributed by atoms with Crippen molar-refractivity contribution in [3.8, 4) is 5.69 Å². The molecule has 2 heterocycles. The van der Waals surface area contributed by atoms with Gasteiger partial charge in [-0.3, -0.25) is 0 Å². The van der Waals surface area contributed by atoms with Crippen LogP contribution in [0.4, 0.5) is 0 Å². The zero-order valence-electron chi connectivity index (χ0n) is 15.3. The number of nitrogens with zero attached hydrogens (tertiary/aromatic N) is 3. The molecule has 0 amide bonds. The molecule has 0 aliphatic rings. The van der Waals surface area contributed by atoms with Gasteiger partial charge in [0.05, 0.1) is 12.2 Å². The van der Waals surface area contributed by atoms with E-state index in [2.05, 4.69) is 70.3 Å². The van der Waals surface area contributed by atoms with Crippen LogP contribution >= 0.6 is 11.3 Å². The first-order chi connectivity index (χ1) is 12.8. The molecule has 1 aromatic carbocycles. The van der Waals surface area contributed by atoms with E-state index in [1.807, 2.05) is 16.9 Å². The first-order valence-corrected chi connectivity index (χ1v) is 9.78. The number of aromatic nitrogens is 2. The molecule has 0 aliphatic heterocycles. The monoisotopic (exact) mass is 367 g/mol. The molecule has 0 aliphatic carbocycles. The van der Waals surface area contributed by atoms with Gasteiger partial charge in [-0.2, -0.15) is 5.10 Å². The number of hydrogen-bond acceptors (Lipinski definition) is 3. The molecule has 0 saturated heterocycles. The topological polar surface area (TPSA) is 54.2 Å². The van der Waals surface area contributed by atoms with E-state index < -0.39 is 0 Å². The normalized spacial score (nSPS) is 11.5. The van der Waals surface area contributed by atoms with Crippen molar-refractivity contribution in [1.29, 1.82) is 0 Å². The molecule has 0 unspecified atom stereocenters. The summed E-state index contributed by atoms with van der Waals surface area (Å²) in [6, 6.07) is 12.6. The lowest BCUT2D eigenvalue weighted by atomic mass is 10.1. The summed E-state index contributed by atoms with van der Waals surface area (Å²) in [5, 5.41) is 13.1. The van der Waals surface area contributed by atoms with Crippen LogP contribution in [0.5, 0.6) is 0 Å². The summed E-state index contributed by atoms with van der Waals surface area (Å²) in [5.41, 5.74) is 3.68. The van der Waals surface area contributed by atoms with E-state index >= 15 is 0 Å². The number of hydrogen-bond donors (Lipinski definition) is 2. The maximum atomic E-state index is 4.69. The van der Waals surface area contributed by atoms with E-state index in [-0.39, 0.29) is 0 Å². The van der Waals surface area contributed by atoms with Crippen LogP contribution in [0.3, 0.4) is 0 Å². The fourth-order valence-electron chi connectivity index (χ4n) is 2.62. The summed E-state index contributed by atoms with van der Waals surface area (Å²) in [5.74, 6) is 0.869. The molecule has 136 valence electrons. The summed E-state index contributed by atoms with van der Waals surface area (Å²) in [4.78, 5) is 6.01. The van der Waals surface area contributed by atoms with Crippen molar-refractivity contribution in [1.82, 2.24) is 20.4 Å². The SMILES string of the molecule is CCNC(=NCc1sccc1C)NCCc1ccc(-n2cccn2)cc1. The summed E-state index contributed by atoms with van der Waals surface area (Å²) in [6.07, 6.45) is 4.68. The highest BCUT2D eigenvalue weighted by Gasteiger charge is 2.02. The lowest BCUT2D eigenvalue weighted by Crippen LogP contribution is -2.38. The number of guanidine groups is 1. The Morgan fingerprint density at radius 1 is 1.19 bits per heavy atom. The molecule has 0 atom stereocenters. The highest BCUT2D eigenvalue weighted by atomic mass is 32.1. The fourth-order valence-corrected chi connectivity index (χ4v) is 3.45. The van der Waals surface area contributed by atoms with Gasteiger partial charge in [-0.1, -0.05) is 12.1 Å². The van der Waals surface area contributed by atoms with Crippen LogP contribution in [0.25, 0.3) is 5.69 Å². The average Bonchev–Trinajstić information content (AvgIpc) is 3.32. The molecular weight excluding hydrogens is 342 g/mol. The molecule has 2 N–H and O–H groups in total. The Hall–Kier alpha value is -2.60. The third-order valence-corrected chi connectivity index (χ3v) is 5.11. The van der Waals surface area contributed by atoms with Crippen molar-refractivity contribution < 1.29 is 0 Å². The molecule has 6 heteroatoms. The molecule has 0 bridgehead atoms. The minimum absolute atomic E-state index is 0.720. The third kappa shape index (κ3) is 4.95. The van der Waals surface area contributed by atoms with Crippen LogP contribution in [0, 0.1) is 6.92 Å². The number of thiophene rings is 1. The third-order valence-electron chi connectivity index (χ3n) is 4.10. The predicted molar refractivity (Wildman–Crippen MR) is 109 cm³/mol. The van der Waals surface area contributed by atoms with Gasteiger partial charge in [-0.05, 0) is 61.0 Å². The van der Waals surface area contributed by atoms with Crippen LogP contribution in [0.1, 0.15) is 22.9 Å². The van der Waals surface area contributed by atoms with Crippen LogP contribution in [0.15, 0.2) is 59.2 Å². The Balaban J connectivity index is 1.52. The summed E-state index contributed by atoms with van der Waals surface area (Å²) in [6.45, 7) is 6.64. The molecule has 0 radical (unpaired) electrons. The lowest BCUT2D eigenvalue weighted by molar-refractivity contribution is 0.799. The van der Waals surface area contributed by atoms with Gasteiger partial charge in [0.15, 0.2) is 5.96 Å². The molecule has 2 aromatic heterocycles. The van der Waals surface area contributed by atoms with Crippen molar-refractivity contribution in [2.75, 3.05) is 13.1 Å². The van der Waals surface area contributed by atoms with E-state index in [9.17, 15) is 0 Å². The second-order valence-electron chi connectivity index (χ2n) is 6.02. The van der Waals surface area contributed by atoms with Crippen LogP contribution in [-0.2, 0) is 13.0 Å². The van der Waals surface area contributed by atoms with Gasteiger partial charge in [-0.15, -0.1) is 11.3 Å². The van der Waals surface area contributed by atoms with Crippen molar-refractivity contribution in [2.24, 2.45) is 4.99 Å². The van der Waals surface area contributed by atoms with Crippen LogP contribution < -0.4 is 10.6 Å². The summed E-state index contributed by atoms with van der Waals surface area (Å²) < 4.78 is 1.87. The largest absolute Gasteiger partial charge is 0.357 e. The number of benzene rings is 1. The Morgan fingerprint density at radius 2 is 2.04 bits per heavy atom. The predicted octanol–water partition coefficient (Wildman–Crippen LogP) is 3.54. The Labute approximate surface area is 158 Å². The maximum absolute atomic E-state index is 4.69. The average molecular weight is 368 g/mol. The fraction of sp³-hybridized carbons (Fsp3) is 0.300. The second-order valence-corrected chi connectivity index (χ2v) is 7.02. The number of aryl methyl sites for hydroxylation is 1. The zero-order valence-corrected chi connectivity index (χ0v) is 16.1. The standard InChI is InChI=1S/C20H25N5S/c1-3-21-20(23-15-19-16(2)10-14-26-19)22-12-9-17-5-7-18(8-6-17)25-13-4-11-24-25/h4-8,10-11,13-14H,3,9,12,15H2,1-2H3,(H2,21,22,23). The van der Waals surface area contributed by atoms with E-state index in [0.29, 0.717) is 0 Å². The Kier molecular flexibility index (Phi) is 6.44. The molecule has 3 aromatic rings. The molecule has 0 spiro atoms. The van der Waals surface area contributed by atoms with E-state index in [1.54, 1.807) is 17.5 Å². The van der Waals surface area contributed by atoms with Gasteiger partial charge in [0.25, 0.3) is 0 Å². The highest BCUT2D eigenvalue weighted by Crippen LogP contribution is 2.16. The van der Waals surface area contributed by atoms with Gasteiger partial charge in [0.2, 0.25) is 0 Å². The first kappa shape index (κ1) is 18.2. The number of aliphatic imine (C=N–C) groups is 1. The lowest BCUT2D eigenvalue weighted by Gasteiger charge is -2.11. The second kappa shape index (κ2) is 9.20. The maximum Gasteiger partial charge on any atom is 0.191 e. The molecule has 26 heavy (non-hydrogen) atoms. The molecule has 3 rings (SSSR count). The van der Waals surface area contributed by atoms with Gasteiger partial charge in [0, 0.05) is 30.4 Å². The minimum Gasteiger partial charge on any atom is -0.357 e. The van der Waals surface area contributed by atoms with E-state index in [1.165, 1.54) is 16.0 Å². The number of rotatable bonds is 7. The van der Waals surface area contributed by atoms with Gasteiger partial charge >= 0.3 is 0 Å². The molecular formula is C20H25N5S. The highest BCUT2D eigenvalue weighted by molar-refractivity contribution is 7.10. The van der Waals surface area contributed by atoms with Gasteiger partial charge in [-0.25, -0.2) is 9.67 Å². The van der Waals surface area contributed by atoms with Crippen LogP contribution in [0.2, 0.25) is 0 Å². The first-order valence-electron chi connectivity index (χ1n) is 8.90. The summed E-state index contributed by atoms with van der Waals surface area (Å²) in [7, 11) is 0. The van der Waals surface area contributed by atoms with Gasteiger partial charge < -0.3 is 10.6 Å². The molecule has 0 fully saturated rings. The molecule has 0 saturated carbocycles.